The third-order valence-electron chi connectivity index (χ3n) is 1.01. The summed E-state index contributed by atoms with van der Waals surface area (Å²) in [5.41, 5.74) is 0.860. The van der Waals surface area contributed by atoms with Crippen LogP contribution in [0.5, 0.6) is 0 Å². The van der Waals surface area contributed by atoms with Gasteiger partial charge in [-0.2, -0.15) is 5.26 Å². The Hall–Kier alpha value is -0.880. The maximum Gasteiger partial charge on any atom is 0.0625 e. The minimum Gasteiger partial charge on any atom is -0.262 e. The van der Waals surface area contributed by atoms with Crippen LogP contribution in [-0.2, 0) is 0 Å². The average molecular weight is 213 g/mol. The molecule has 0 aromatic carbocycles. The number of halogens is 1. The topological polar surface area (TPSA) is 36.1 Å². The second-order valence-electron chi connectivity index (χ2n) is 1.75. The van der Waals surface area contributed by atoms with Gasteiger partial charge < -0.3 is 0 Å². The summed E-state index contributed by atoms with van der Waals surface area (Å²) < 4.78 is 0. The van der Waals surface area contributed by atoms with E-state index >= 15 is 0 Å². The molecule has 0 fully saturated rings. The zero-order chi connectivity index (χ0) is 8.53. The molecule has 0 aromatic rings. The zero-order valence-corrected chi connectivity index (χ0v) is 7.71. The van der Waals surface area contributed by atoms with E-state index in [1.54, 1.807) is 11.1 Å². The van der Waals surface area contributed by atoms with Crippen molar-refractivity contribution in [2.45, 2.75) is 12.8 Å². The van der Waals surface area contributed by atoms with Crippen molar-refractivity contribution < 1.29 is 0 Å². The molecular weight excluding hydrogens is 204 g/mol. The molecule has 11 heavy (non-hydrogen) atoms. The van der Waals surface area contributed by atoms with E-state index in [1.807, 2.05) is 0 Å². The maximum atomic E-state index is 8.28. The van der Waals surface area contributed by atoms with Crippen molar-refractivity contribution in [1.29, 1.82) is 5.26 Å². The van der Waals surface area contributed by atoms with Crippen LogP contribution in [0.1, 0.15) is 12.8 Å². The molecule has 0 aliphatic heterocycles. The number of allylic oxidation sites excluding steroid dienone is 1. The highest BCUT2D eigenvalue weighted by molar-refractivity contribution is 9.11. The number of aliphatic imine (C=N–C) groups is 1. The van der Waals surface area contributed by atoms with Gasteiger partial charge in [-0.15, -0.1) is 0 Å². The lowest BCUT2D eigenvalue weighted by Gasteiger charge is -1.92. The quantitative estimate of drug-likeness (QED) is 0.661. The van der Waals surface area contributed by atoms with Crippen LogP contribution < -0.4 is 0 Å². The highest BCUT2D eigenvalue weighted by Gasteiger charge is 1.91. The Kier molecular flexibility index (Phi) is 6.65. The molecule has 0 N–H and O–H groups in total. The number of hydrogen-bond acceptors (Lipinski definition) is 2. The van der Waals surface area contributed by atoms with E-state index in [9.17, 15) is 0 Å². The van der Waals surface area contributed by atoms with E-state index in [4.69, 9.17) is 5.26 Å². The van der Waals surface area contributed by atoms with Gasteiger partial charge in [-0.1, -0.05) is 22.5 Å². The second kappa shape index (κ2) is 7.23. The Bertz CT molecular complexity index is 211. The molecule has 0 heterocycles. The Labute approximate surface area is 75.1 Å². The van der Waals surface area contributed by atoms with E-state index in [-0.39, 0.29) is 0 Å². The minimum absolute atomic E-state index is 0.490. The number of nitrogens with zero attached hydrogens (tertiary/aromatic N) is 2. The Morgan fingerprint density at radius 2 is 2.45 bits per heavy atom. The van der Waals surface area contributed by atoms with Gasteiger partial charge in [0.15, 0.2) is 0 Å². The van der Waals surface area contributed by atoms with Gasteiger partial charge in [-0.25, -0.2) is 0 Å². The van der Waals surface area contributed by atoms with Gasteiger partial charge in [0.05, 0.1) is 6.07 Å². The molecule has 0 aromatic heterocycles. The Balaban J connectivity index is 4.02. The van der Waals surface area contributed by atoms with Gasteiger partial charge in [0.1, 0.15) is 0 Å². The summed E-state index contributed by atoms with van der Waals surface area (Å²) >= 11 is 3.13. The standard InChI is InChI=1S/C8H9BrN2/c1-2-11-8(5-6-9)4-3-7-10/h2,5-6H,1,3-4H2/b6-5+,11-8?. The Morgan fingerprint density at radius 3 is 2.91 bits per heavy atom. The summed E-state index contributed by atoms with van der Waals surface area (Å²) in [6, 6.07) is 2.05. The van der Waals surface area contributed by atoms with Gasteiger partial charge in [0, 0.05) is 24.8 Å². The minimum atomic E-state index is 0.490. The van der Waals surface area contributed by atoms with Gasteiger partial charge in [-0.3, -0.25) is 4.99 Å². The van der Waals surface area contributed by atoms with Crippen LogP contribution in [-0.4, -0.2) is 5.71 Å². The van der Waals surface area contributed by atoms with Crippen LogP contribution in [0.15, 0.2) is 28.8 Å². The highest BCUT2D eigenvalue weighted by Crippen LogP contribution is 1.96. The molecule has 58 valence electrons. The molecule has 0 amide bonds. The second-order valence-corrected chi connectivity index (χ2v) is 2.28. The van der Waals surface area contributed by atoms with Crippen LogP contribution in [0, 0.1) is 11.3 Å². The van der Waals surface area contributed by atoms with Crippen LogP contribution in [0.25, 0.3) is 0 Å². The van der Waals surface area contributed by atoms with Gasteiger partial charge in [0.2, 0.25) is 0 Å². The predicted molar refractivity (Wildman–Crippen MR) is 50.5 cm³/mol. The number of nitriles is 1. The first-order valence-corrected chi connectivity index (χ1v) is 4.08. The molecule has 2 nitrogen and oxygen atoms in total. The summed E-state index contributed by atoms with van der Waals surface area (Å²) in [5.74, 6) is 0. The van der Waals surface area contributed by atoms with E-state index in [0.717, 1.165) is 5.71 Å². The predicted octanol–water partition coefficient (Wildman–Crippen LogP) is 2.78. The van der Waals surface area contributed by atoms with Crippen molar-refractivity contribution in [1.82, 2.24) is 0 Å². The van der Waals surface area contributed by atoms with E-state index in [2.05, 4.69) is 33.6 Å². The third-order valence-corrected chi connectivity index (χ3v) is 1.27. The fourth-order valence-electron chi connectivity index (χ4n) is 0.565. The van der Waals surface area contributed by atoms with Crippen LogP contribution in [0.3, 0.4) is 0 Å². The normalized spacial score (nSPS) is 11.5. The van der Waals surface area contributed by atoms with Crippen molar-refractivity contribution in [3.8, 4) is 6.07 Å². The smallest absolute Gasteiger partial charge is 0.0625 e. The van der Waals surface area contributed by atoms with Crippen molar-refractivity contribution in [3.05, 3.63) is 23.8 Å². The molecule has 0 aliphatic rings. The zero-order valence-electron chi connectivity index (χ0n) is 6.13. The maximum absolute atomic E-state index is 8.28. The lowest BCUT2D eigenvalue weighted by Crippen LogP contribution is -1.90. The summed E-state index contributed by atoms with van der Waals surface area (Å²) in [5, 5.41) is 8.28. The van der Waals surface area contributed by atoms with E-state index < -0.39 is 0 Å². The molecule has 0 unspecified atom stereocenters. The molecule has 0 radical (unpaired) electrons. The molecule has 0 saturated carbocycles. The third kappa shape index (κ3) is 5.56. The largest absolute Gasteiger partial charge is 0.262 e. The fourth-order valence-corrected chi connectivity index (χ4v) is 0.870. The van der Waals surface area contributed by atoms with Gasteiger partial charge >= 0.3 is 0 Å². The van der Waals surface area contributed by atoms with Gasteiger partial charge in [0.25, 0.3) is 0 Å². The molecular formula is C8H9BrN2. The molecule has 0 rings (SSSR count). The number of rotatable bonds is 4. The molecule has 3 heteroatoms. The average Bonchev–Trinajstić information content (AvgIpc) is 2.01. The molecule has 0 saturated heterocycles. The van der Waals surface area contributed by atoms with Crippen molar-refractivity contribution >= 4 is 21.6 Å². The fraction of sp³-hybridized carbons (Fsp3) is 0.250. The van der Waals surface area contributed by atoms with E-state index in [1.165, 1.54) is 6.20 Å². The molecule has 0 atom stereocenters. The first-order chi connectivity index (χ1) is 5.35. The SMILES string of the molecule is C=CN=C(/C=C/Br)CCC#N. The first kappa shape index (κ1) is 10.1. The monoisotopic (exact) mass is 212 g/mol. The van der Waals surface area contributed by atoms with Gasteiger partial charge in [-0.05, 0) is 11.1 Å². The van der Waals surface area contributed by atoms with Crippen LogP contribution >= 0.6 is 15.9 Å². The first-order valence-electron chi connectivity index (χ1n) is 3.16. The van der Waals surface area contributed by atoms with Crippen LogP contribution in [0.4, 0.5) is 0 Å². The molecule has 0 aliphatic carbocycles. The van der Waals surface area contributed by atoms with Crippen molar-refractivity contribution in [2.75, 3.05) is 0 Å². The number of hydrogen-bond donors (Lipinski definition) is 0. The summed E-state index contributed by atoms with van der Waals surface area (Å²) in [7, 11) is 0. The summed E-state index contributed by atoms with van der Waals surface area (Å²) in [6.07, 6.45) is 4.44. The van der Waals surface area contributed by atoms with E-state index in [0.29, 0.717) is 12.8 Å². The lowest BCUT2D eigenvalue weighted by atomic mass is 10.2. The Morgan fingerprint density at radius 1 is 1.73 bits per heavy atom. The van der Waals surface area contributed by atoms with Crippen molar-refractivity contribution in [2.24, 2.45) is 4.99 Å². The summed E-state index contributed by atoms with van der Waals surface area (Å²) in [4.78, 5) is 5.68. The molecule has 0 bridgehead atoms. The lowest BCUT2D eigenvalue weighted by molar-refractivity contribution is 1.11. The highest BCUT2D eigenvalue weighted by atomic mass is 79.9. The molecule has 0 spiro atoms. The van der Waals surface area contributed by atoms with Crippen molar-refractivity contribution in [3.63, 3.8) is 0 Å². The summed E-state index contributed by atoms with van der Waals surface area (Å²) in [6.45, 7) is 3.47. The van der Waals surface area contributed by atoms with Crippen LogP contribution in [0.2, 0.25) is 0 Å².